The van der Waals surface area contributed by atoms with E-state index in [1.807, 2.05) is 32.0 Å². The minimum absolute atomic E-state index is 0.385. The Balaban J connectivity index is 1.89. The number of phenols is 1. The first-order chi connectivity index (χ1) is 12.2. The van der Waals surface area contributed by atoms with Gasteiger partial charge in [-0.05, 0) is 85.0 Å². The first kappa shape index (κ1) is 19.0. The van der Waals surface area contributed by atoms with E-state index in [-0.39, 0.29) is 0 Å². The Morgan fingerprint density at radius 3 is 2.46 bits per heavy atom. The molecular weight excluding hydrogens is 351 g/mol. The molecule has 1 aliphatic rings. The molecule has 0 saturated carbocycles. The molecule has 5 nitrogen and oxygen atoms in total. The predicted octanol–water partition coefficient (Wildman–Crippen LogP) is 4.16. The SMILES string of the molecule is Cc1cc(OCP(=O)(O)O)cc(C)c1Cc1ccc(O)c2c1CCC2C. The highest BCUT2D eigenvalue weighted by Crippen LogP contribution is 2.41. The molecule has 0 aliphatic heterocycles. The molecule has 3 N–H and O–H groups in total. The molecule has 0 bridgehead atoms. The highest BCUT2D eigenvalue weighted by molar-refractivity contribution is 7.51. The van der Waals surface area contributed by atoms with Gasteiger partial charge in [0.05, 0.1) is 0 Å². The zero-order valence-corrected chi connectivity index (χ0v) is 16.2. The zero-order chi connectivity index (χ0) is 19.1. The van der Waals surface area contributed by atoms with Crippen molar-refractivity contribution < 1.29 is 24.2 Å². The molecule has 26 heavy (non-hydrogen) atoms. The van der Waals surface area contributed by atoms with Crippen molar-refractivity contribution in [2.24, 2.45) is 0 Å². The van der Waals surface area contributed by atoms with E-state index >= 15 is 0 Å². The lowest BCUT2D eigenvalue weighted by atomic mass is 9.91. The van der Waals surface area contributed by atoms with Gasteiger partial charge >= 0.3 is 7.60 Å². The summed E-state index contributed by atoms with van der Waals surface area (Å²) in [6.45, 7) is 6.12. The van der Waals surface area contributed by atoms with Gasteiger partial charge in [-0.25, -0.2) is 0 Å². The minimum Gasteiger partial charge on any atom is -0.508 e. The van der Waals surface area contributed by atoms with Gasteiger partial charge in [-0.3, -0.25) is 4.57 Å². The topological polar surface area (TPSA) is 87.0 Å². The van der Waals surface area contributed by atoms with E-state index in [1.54, 1.807) is 6.07 Å². The lowest BCUT2D eigenvalue weighted by Crippen LogP contribution is -2.03. The summed E-state index contributed by atoms with van der Waals surface area (Å²) in [6.07, 6.45) is 2.20. The van der Waals surface area contributed by atoms with E-state index in [2.05, 4.69) is 6.92 Å². The molecular formula is C20H25O5P. The van der Waals surface area contributed by atoms with E-state index in [0.717, 1.165) is 36.0 Å². The van der Waals surface area contributed by atoms with Crippen LogP contribution in [0.4, 0.5) is 0 Å². The molecule has 3 rings (SSSR count). The van der Waals surface area contributed by atoms with Crippen molar-refractivity contribution in [3.05, 3.63) is 57.6 Å². The summed E-state index contributed by atoms with van der Waals surface area (Å²) in [6, 6.07) is 7.43. The Bertz CT molecular complexity index is 861. The maximum absolute atomic E-state index is 11.0. The minimum atomic E-state index is -4.19. The zero-order valence-electron chi connectivity index (χ0n) is 15.3. The summed E-state index contributed by atoms with van der Waals surface area (Å²) in [4.78, 5) is 17.9. The van der Waals surface area contributed by atoms with Crippen molar-refractivity contribution in [3.63, 3.8) is 0 Å². The molecule has 0 fully saturated rings. The normalized spacial score (nSPS) is 16.6. The molecule has 0 radical (unpaired) electrons. The van der Waals surface area contributed by atoms with E-state index in [9.17, 15) is 9.67 Å². The number of rotatable bonds is 5. The monoisotopic (exact) mass is 376 g/mol. The van der Waals surface area contributed by atoms with Gasteiger partial charge in [-0.1, -0.05) is 13.0 Å². The quantitative estimate of drug-likeness (QED) is 0.682. The van der Waals surface area contributed by atoms with Crippen molar-refractivity contribution in [2.75, 3.05) is 6.35 Å². The molecule has 0 heterocycles. The lowest BCUT2D eigenvalue weighted by Gasteiger charge is -2.17. The predicted molar refractivity (Wildman–Crippen MR) is 101 cm³/mol. The summed E-state index contributed by atoms with van der Waals surface area (Å²) >= 11 is 0. The van der Waals surface area contributed by atoms with Crippen LogP contribution in [0, 0.1) is 13.8 Å². The molecule has 0 amide bonds. The highest BCUT2D eigenvalue weighted by atomic mass is 31.2. The van der Waals surface area contributed by atoms with E-state index in [1.165, 1.54) is 16.7 Å². The van der Waals surface area contributed by atoms with Crippen molar-refractivity contribution in [1.29, 1.82) is 0 Å². The van der Waals surface area contributed by atoms with Gasteiger partial charge in [0.25, 0.3) is 0 Å². The highest BCUT2D eigenvalue weighted by Gasteiger charge is 2.25. The van der Waals surface area contributed by atoms with Gasteiger partial charge < -0.3 is 19.6 Å². The Kier molecular flexibility index (Phi) is 5.16. The number of benzene rings is 2. The fourth-order valence-corrected chi connectivity index (χ4v) is 4.20. The van der Waals surface area contributed by atoms with Crippen LogP contribution in [0.3, 0.4) is 0 Å². The van der Waals surface area contributed by atoms with Crippen LogP contribution < -0.4 is 4.74 Å². The fourth-order valence-electron chi connectivity index (χ4n) is 3.88. The number of ether oxygens (including phenoxy) is 1. The van der Waals surface area contributed by atoms with Crippen LogP contribution >= 0.6 is 7.60 Å². The smallest absolute Gasteiger partial charge is 0.362 e. The first-order valence-corrected chi connectivity index (χ1v) is 10.6. The van der Waals surface area contributed by atoms with E-state index in [4.69, 9.17) is 14.5 Å². The van der Waals surface area contributed by atoms with Gasteiger partial charge in [0, 0.05) is 5.56 Å². The standard InChI is InChI=1S/C20H25O5P/c1-12-4-6-17-15(5-7-19(21)20(12)17)10-18-13(2)8-16(9-14(18)3)25-11-26(22,23)24/h5,7-9,12,21H,4,6,10-11H2,1-3H3,(H2,22,23,24). The van der Waals surface area contributed by atoms with Crippen molar-refractivity contribution in [3.8, 4) is 11.5 Å². The van der Waals surface area contributed by atoms with Gasteiger partial charge in [0.15, 0.2) is 6.35 Å². The van der Waals surface area contributed by atoms with Crippen molar-refractivity contribution in [1.82, 2.24) is 0 Å². The Morgan fingerprint density at radius 2 is 1.85 bits per heavy atom. The summed E-state index contributed by atoms with van der Waals surface area (Å²) < 4.78 is 16.2. The number of phenolic OH excluding ortho intramolecular Hbond substituents is 1. The van der Waals surface area contributed by atoms with Crippen LogP contribution in [0.1, 0.15) is 52.6 Å². The van der Waals surface area contributed by atoms with Crippen molar-refractivity contribution >= 4 is 7.60 Å². The molecule has 0 saturated heterocycles. The molecule has 1 aliphatic carbocycles. The number of fused-ring (bicyclic) bond motifs is 1. The molecule has 0 spiro atoms. The Hall–Kier alpha value is -1.81. The second-order valence-electron chi connectivity index (χ2n) is 7.23. The number of hydrogen-bond donors (Lipinski definition) is 3. The molecule has 0 aromatic heterocycles. The average molecular weight is 376 g/mol. The van der Waals surface area contributed by atoms with Crippen LogP contribution in [0.25, 0.3) is 0 Å². The molecule has 1 unspecified atom stereocenters. The van der Waals surface area contributed by atoms with Gasteiger partial charge in [0.2, 0.25) is 0 Å². The third-order valence-electron chi connectivity index (χ3n) is 5.19. The van der Waals surface area contributed by atoms with Crippen LogP contribution in [-0.2, 0) is 17.4 Å². The number of aryl methyl sites for hydroxylation is 2. The molecule has 2 aromatic rings. The summed E-state index contributed by atoms with van der Waals surface area (Å²) in [7, 11) is -4.19. The number of aromatic hydroxyl groups is 1. The third kappa shape index (κ3) is 3.96. The molecule has 140 valence electrons. The summed E-state index contributed by atoms with van der Waals surface area (Å²) in [5.74, 6) is 1.25. The van der Waals surface area contributed by atoms with Gasteiger partial charge in [-0.15, -0.1) is 0 Å². The Morgan fingerprint density at radius 1 is 1.19 bits per heavy atom. The van der Waals surface area contributed by atoms with Crippen LogP contribution in [0.15, 0.2) is 24.3 Å². The third-order valence-corrected chi connectivity index (χ3v) is 5.65. The number of hydrogen-bond acceptors (Lipinski definition) is 3. The van der Waals surface area contributed by atoms with Crippen LogP contribution in [0.2, 0.25) is 0 Å². The van der Waals surface area contributed by atoms with Gasteiger partial charge in [-0.2, -0.15) is 0 Å². The lowest BCUT2D eigenvalue weighted by molar-refractivity contribution is 0.300. The van der Waals surface area contributed by atoms with E-state index < -0.39 is 13.9 Å². The maximum atomic E-state index is 11.0. The van der Waals surface area contributed by atoms with Gasteiger partial charge in [0.1, 0.15) is 11.5 Å². The Labute approximate surface area is 153 Å². The van der Waals surface area contributed by atoms with Crippen LogP contribution in [0.5, 0.6) is 11.5 Å². The largest absolute Gasteiger partial charge is 0.508 e. The average Bonchev–Trinajstić information content (AvgIpc) is 2.93. The fraction of sp³-hybridized carbons (Fsp3) is 0.400. The molecule has 2 aromatic carbocycles. The summed E-state index contributed by atoms with van der Waals surface area (Å²) in [5.41, 5.74) is 6.81. The second kappa shape index (κ2) is 7.07. The van der Waals surface area contributed by atoms with Crippen LogP contribution in [-0.4, -0.2) is 21.2 Å². The summed E-state index contributed by atoms with van der Waals surface area (Å²) in [5, 5.41) is 10.2. The van der Waals surface area contributed by atoms with Crippen molar-refractivity contribution in [2.45, 2.75) is 46.0 Å². The second-order valence-corrected chi connectivity index (χ2v) is 8.81. The van der Waals surface area contributed by atoms with E-state index in [0.29, 0.717) is 17.4 Å². The molecule has 6 heteroatoms. The first-order valence-electron chi connectivity index (χ1n) is 8.77. The maximum Gasteiger partial charge on any atom is 0.362 e. The molecule has 1 atom stereocenters.